The molecule has 2 N–H and O–H groups in total. The number of benzene rings is 2. The van der Waals surface area contributed by atoms with Gasteiger partial charge in [-0.1, -0.05) is 12.1 Å². The highest BCUT2D eigenvalue weighted by Gasteiger charge is 2.54. The molecule has 2 saturated heterocycles. The highest BCUT2D eigenvalue weighted by Crippen LogP contribution is 2.51. The number of nitrogens with one attached hydrogen (secondary N) is 2. The molecule has 2 aromatic carbocycles. The lowest BCUT2D eigenvalue weighted by Gasteiger charge is -2.36. The Labute approximate surface area is 238 Å². The number of hydrogen-bond donors (Lipinski definition) is 2. The number of anilines is 2. The number of urea groups is 1. The molecule has 2 unspecified atom stereocenters. The number of likely N-dealkylation sites (tertiary alicyclic amines) is 1. The van der Waals surface area contributed by atoms with Crippen molar-refractivity contribution in [3.63, 3.8) is 0 Å². The van der Waals surface area contributed by atoms with Crippen molar-refractivity contribution < 1.29 is 14.4 Å². The molecular weight excluding hydrogens is 516 g/mol. The van der Waals surface area contributed by atoms with Crippen LogP contribution in [0.4, 0.5) is 16.2 Å². The molecule has 2 fully saturated rings. The molecule has 2 atom stereocenters. The van der Waals surface area contributed by atoms with E-state index in [-0.39, 0.29) is 23.3 Å². The molecule has 0 saturated carbocycles. The first kappa shape index (κ1) is 24.8. The van der Waals surface area contributed by atoms with Crippen LogP contribution in [0.5, 0.6) is 0 Å². The summed E-state index contributed by atoms with van der Waals surface area (Å²) in [7, 11) is 1.70. The van der Waals surface area contributed by atoms with Crippen molar-refractivity contribution >= 4 is 40.1 Å². The Balaban J connectivity index is 1.09. The molecule has 8 rings (SSSR count). The molecule has 0 radical (unpaired) electrons. The second-order valence-corrected chi connectivity index (χ2v) is 12.7. The maximum Gasteiger partial charge on any atom is 0.324 e. The Bertz CT molecular complexity index is 1650. The van der Waals surface area contributed by atoms with Crippen LogP contribution in [-0.2, 0) is 34.4 Å². The lowest BCUT2D eigenvalue weighted by molar-refractivity contribution is -0.125. The quantitative estimate of drug-likeness (QED) is 0.473. The van der Waals surface area contributed by atoms with Crippen LogP contribution < -0.4 is 15.5 Å². The summed E-state index contributed by atoms with van der Waals surface area (Å²) in [5.74, 6) is -0.110. The Morgan fingerprint density at radius 1 is 0.951 bits per heavy atom. The van der Waals surface area contributed by atoms with Crippen molar-refractivity contribution in [2.45, 2.75) is 56.0 Å². The second-order valence-electron chi connectivity index (χ2n) is 12.7. The second kappa shape index (κ2) is 8.76. The van der Waals surface area contributed by atoms with Crippen LogP contribution in [0, 0.1) is 0 Å². The molecule has 0 bridgehead atoms. The van der Waals surface area contributed by atoms with Gasteiger partial charge in [0.05, 0.1) is 17.8 Å². The highest BCUT2D eigenvalue weighted by atomic mass is 16.2. The Morgan fingerprint density at radius 3 is 2.54 bits per heavy atom. The van der Waals surface area contributed by atoms with Crippen LogP contribution in [0.1, 0.15) is 48.1 Å². The molecule has 4 aliphatic heterocycles. The Hall–Kier alpha value is -3.98. The summed E-state index contributed by atoms with van der Waals surface area (Å²) in [4.78, 5) is 49.4. The van der Waals surface area contributed by atoms with Gasteiger partial charge in [-0.05, 0) is 80.4 Å². The number of hydrogen-bond acceptors (Lipinski definition) is 6. The summed E-state index contributed by atoms with van der Waals surface area (Å²) in [5, 5.41) is 6.65. The summed E-state index contributed by atoms with van der Waals surface area (Å²) in [5.41, 5.74) is 6.47. The van der Waals surface area contributed by atoms with Gasteiger partial charge < -0.3 is 20.0 Å². The fourth-order valence-corrected chi connectivity index (χ4v) is 8.10. The van der Waals surface area contributed by atoms with Crippen molar-refractivity contribution in [1.29, 1.82) is 0 Å². The van der Waals surface area contributed by atoms with E-state index < -0.39 is 5.54 Å². The number of carbonyl (C=O) groups is 3. The summed E-state index contributed by atoms with van der Waals surface area (Å²) in [6.07, 6.45) is 5.05. The number of fused-ring (bicyclic) bond motifs is 2. The molecule has 9 heteroatoms. The first-order chi connectivity index (χ1) is 19.8. The standard InChI is InChI=1S/C32H34N6O3/c1-36-30(41)35-29(40)32(36)15-21-13-20-7-8-23(33-25(20)14-22(21)16-32)18-38-19-31(9-12-37-10-2-3-11-37)17-27(39)34-24-5-4-6-26(38)28(24)31/h4-8,13-14H,2-3,9-12,15-19H2,1H3,(H,34,39)(H,35,40,41). The molecule has 41 heavy (non-hydrogen) atoms. The zero-order valence-electron chi connectivity index (χ0n) is 23.3. The first-order valence-electron chi connectivity index (χ1n) is 14.8. The average Bonchev–Trinajstić information content (AvgIpc) is 3.71. The van der Waals surface area contributed by atoms with Gasteiger partial charge in [-0.2, -0.15) is 0 Å². The lowest BCUT2D eigenvalue weighted by Crippen LogP contribution is -2.48. The highest BCUT2D eigenvalue weighted by molar-refractivity contribution is 6.08. The molecule has 1 aromatic heterocycles. The van der Waals surface area contributed by atoms with Gasteiger partial charge in [-0.25, -0.2) is 4.79 Å². The van der Waals surface area contributed by atoms with Gasteiger partial charge in [-0.15, -0.1) is 0 Å². The third-order valence-electron chi connectivity index (χ3n) is 10.3. The normalized spacial score (nSPS) is 26.7. The minimum absolute atomic E-state index is 0.108. The molecule has 5 heterocycles. The number of pyridine rings is 1. The van der Waals surface area contributed by atoms with Gasteiger partial charge in [0.15, 0.2) is 0 Å². The molecule has 4 amide bonds. The van der Waals surface area contributed by atoms with Gasteiger partial charge in [0.1, 0.15) is 5.54 Å². The van der Waals surface area contributed by atoms with Crippen LogP contribution in [0.15, 0.2) is 42.5 Å². The maximum absolute atomic E-state index is 12.9. The number of imide groups is 1. The summed E-state index contributed by atoms with van der Waals surface area (Å²) < 4.78 is 0. The predicted octanol–water partition coefficient (Wildman–Crippen LogP) is 3.34. The van der Waals surface area contributed by atoms with E-state index in [1.54, 1.807) is 11.9 Å². The van der Waals surface area contributed by atoms with Crippen molar-refractivity contribution in [1.82, 2.24) is 20.1 Å². The number of nitrogens with zero attached hydrogens (tertiary/aromatic N) is 4. The van der Waals surface area contributed by atoms with Gasteiger partial charge >= 0.3 is 6.03 Å². The monoisotopic (exact) mass is 550 g/mol. The molecule has 9 nitrogen and oxygen atoms in total. The van der Waals surface area contributed by atoms with E-state index in [2.05, 4.69) is 50.8 Å². The fourth-order valence-electron chi connectivity index (χ4n) is 8.10. The number of aromatic nitrogens is 1. The first-order valence-corrected chi connectivity index (χ1v) is 14.8. The van der Waals surface area contributed by atoms with E-state index in [0.29, 0.717) is 25.8 Å². The number of amides is 4. The number of rotatable bonds is 5. The lowest BCUT2D eigenvalue weighted by atomic mass is 9.73. The van der Waals surface area contributed by atoms with Crippen LogP contribution in [0.2, 0.25) is 0 Å². The molecule has 1 aliphatic carbocycles. The third-order valence-corrected chi connectivity index (χ3v) is 10.3. The molecule has 210 valence electrons. The van der Waals surface area contributed by atoms with Crippen molar-refractivity contribution in [3.05, 3.63) is 64.8 Å². The fraction of sp³-hybridized carbons (Fsp3) is 0.438. The van der Waals surface area contributed by atoms with Crippen molar-refractivity contribution in [2.24, 2.45) is 0 Å². The van der Waals surface area contributed by atoms with E-state index in [9.17, 15) is 14.4 Å². The van der Waals surface area contributed by atoms with E-state index in [1.165, 1.54) is 24.1 Å². The van der Waals surface area contributed by atoms with Gasteiger partial charge in [-0.3, -0.25) is 19.9 Å². The minimum Gasteiger partial charge on any atom is -0.364 e. The molecular formula is C32H34N6O3. The SMILES string of the molecule is CN1C(=O)NC(=O)C12Cc1cc3ccc(CN4CC5(CCN6CCCC6)CC(=O)Nc6cccc4c65)nc3cc1C2. The van der Waals surface area contributed by atoms with Crippen molar-refractivity contribution in [2.75, 3.05) is 43.4 Å². The van der Waals surface area contributed by atoms with Gasteiger partial charge in [0.2, 0.25) is 5.91 Å². The summed E-state index contributed by atoms with van der Waals surface area (Å²) in [6.45, 7) is 4.80. The van der Waals surface area contributed by atoms with E-state index in [0.717, 1.165) is 66.0 Å². The topological polar surface area (TPSA) is 97.9 Å². The minimum atomic E-state index is -0.841. The molecule has 3 aromatic rings. The number of likely N-dealkylation sites (N-methyl/N-ethyl adjacent to an activating group) is 1. The van der Waals surface area contributed by atoms with Gasteiger partial charge in [0.25, 0.3) is 5.91 Å². The third kappa shape index (κ3) is 3.71. The van der Waals surface area contributed by atoms with Crippen LogP contribution in [0.25, 0.3) is 10.9 Å². The van der Waals surface area contributed by atoms with Crippen LogP contribution in [0.3, 0.4) is 0 Å². The zero-order chi connectivity index (χ0) is 27.9. The Morgan fingerprint density at radius 2 is 1.76 bits per heavy atom. The van der Waals surface area contributed by atoms with Crippen molar-refractivity contribution in [3.8, 4) is 0 Å². The maximum atomic E-state index is 12.9. The smallest absolute Gasteiger partial charge is 0.324 e. The predicted molar refractivity (Wildman–Crippen MR) is 156 cm³/mol. The van der Waals surface area contributed by atoms with Crippen LogP contribution in [-0.4, -0.2) is 71.4 Å². The number of carbonyl (C=O) groups excluding carboxylic acids is 3. The van der Waals surface area contributed by atoms with Gasteiger partial charge in [0, 0.05) is 60.6 Å². The largest absolute Gasteiger partial charge is 0.364 e. The summed E-state index contributed by atoms with van der Waals surface area (Å²) in [6, 6.07) is 14.4. The van der Waals surface area contributed by atoms with E-state index in [4.69, 9.17) is 4.98 Å². The van der Waals surface area contributed by atoms with E-state index >= 15 is 0 Å². The molecule has 1 spiro atoms. The zero-order valence-corrected chi connectivity index (χ0v) is 23.3. The summed E-state index contributed by atoms with van der Waals surface area (Å²) >= 11 is 0. The molecule has 5 aliphatic rings. The Kier molecular flexibility index (Phi) is 5.29. The van der Waals surface area contributed by atoms with Crippen LogP contribution >= 0.6 is 0 Å². The van der Waals surface area contributed by atoms with E-state index in [1.807, 2.05) is 12.1 Å². The average molecular weight is 551 g/mol.